The third-order valence-electron chi connectivity index (χ3n) is 1.50. The predicted octanol–water partition coefficient (Wildman–Crippen LogP) is 2.78. The molecule has 0 N–H and O–H groups in total. The summed E-state index contributed by atoms with van der Waals surface area (Å²) in [6.45, 7) is 8.74. The van der Waals surface area contributed by atoms with Crippen molar-refractivity contribution in [3.8, 4) is 0 Å². The van der Waals surface area contributed by atoms with E-state index in [0.29, 0.717) is 0 Å². The molecule has 1 radical (unpaired) electrons. The maximum atomic E-state index is 5.41. The topological polar surface area (TPSA) is 18.5 Å². The number of hydrogen-bond acceptors (Lipinski definition) is 2. The first kappa shape index (κ1) is 11.9. The van der Waals surface area contributed by atoms with E-state index in [4.69, 9.17) is 9.47 Å². The molecule has 0 saturated carbocycles. The molecule has 0 aromatic carbocycles. The van der Waals surface area contributed by atoms with Crippen molar-refractivity contribution in [2.45, 2.75) is 40.0 Å². The molecule has 0 fully saturated rings. The van der Waals surface area contributed by atoms with Crippen LogP contribution >= 0.6 is 0 Å². The fourth-order valence-corrected chi connectivity index (χ4v) is 0.811. The molecule has 0 aromatic rings. The van der Waals surface area contributed by atoms with Gasteiger partial charge >= 0.3 is 0 Å². The molecule has 2 heteroatoms. The third-order valence-corrected chi connectivity index (χ3v) is 1.50. The van der Waals surface area contributed by atoms with Crippen LogP contribution < -0.4 is 0 Å². The van der Waals surface area contributed by atoms with Crippen LogP contribution in [-0.2, 0) is 9.47 Å². The maximum absolute atomic E-state index is 5.41. The monoisotopic (exact) mass is 173 g/mol. The first-order valence-electron chi connectivity index (χ1n) is 4.84. The Hall–Kier alpha value is -0.0800. The Balaban J connectivity index is 3.02. The van der Waals surface area contributed by atoms with Crippen molar-refractivity contribution in [1.82, 2.24) is 0 Å². The molecule has 0 spiro atoms. The maximum Gasteiger partial charge on any atom is 0.0962 e. The van der Waals surface area contributed by atoms with Gasteiger partial charge in [0.15, 0.2) is 0 Å². The van der Waals surface area contributed by atoms with E-state index in [1.807, 2.05) is 6.92 Å². The molecule has 0 aliphatic carbocycles. The van der Waals surface area contributed by atoms with Crippen LogP contribution in [0.15, 0.2) is 0 Å². The summed E-state index contributed by atoms with van der Waals surface area (Å²) in [6, 6.07) is 0. The van der Waals surface area contributed by atoms with Gasteiger partial charge in [-0.15, -0.1) is 0 Å². The van der Waals surface area contributed by atoms with E-state index in [9.17, 15) is 0 Å². The first-order chi connectivity index (χ1) is 5.81. The lowest BCUT2D eigenvalue weighted by molar-refractivity contribution is 0.0897. The largest absolute Gasteiger partial charge is 0.381 e. The zero-order valence-electron chi connectivity index (χ0n) is 8.56. The minimum Gasteiger partial charge on any atom is -0.381 e. The summed E-state index contributed by atoms with van der Waals surface area (Å²) in [5, 5.41) is 0. The number of rotatable bonds is 8. The summed E-state index contributed by atoms with van der Waals surface area (Å²) in [4.78, 5) is 0. The lowest BCUT2D eigenvalue weighted by Crippen LogP contribution is -2.05. The van der Waals surface area contributed by atoms with E-state index in [1.165, 1.54) is 0 Å². The summed E-state index contributed by atoms with van der Waals surface area (Å²) in [5.41, 5.74) is 0. The predicted molar refractivity (Wildman–Crippen MR) is 50.9 cm³/mol. The van der Waals surface area contributed by atoms with Crippen molar-refractivity contribution >= 4 is 0 Å². The lowest BCUT2D eigenvalue weighted by Gasteiger charge is -2.10. The molecule has 0 atom stereocenters. The number of hydrogen-bond donors (Lipinski definition) is 0. The van der Waals surface area contributed by atoms with Crippen molar-refractivity contribution < 1.29 is 9.47 Å². The Morgan fingerprint density at radius 2 is 1.67 bits per heavy atom. The van der Waals surface area contributed by atoms with E-state index >= 15 is 0 Å². The van der Waals surface area contributed by atoms with Gasteiger partial charge in [-0.25, -0.2) is 0 Å². The molecule has 0 bridgehead atoms. The van der Waals surface area contributed by atoms with Gasteiger partial charge < -0.3 is 9.47 Å². The van der Waals surface area contributed by atoms with Gasteiger partial charge in [-0.3, -0.25) is 0 Å². The van der Waals surface area contributed by atoms with E-state index in [0.717, 1.165) is 45.2 Å². The van der Waals surface area contributed by atoms with Crippen molar-refractivity contribution in [1.29, 1.82) is 0 Å². The normalized spacial score (nSPS) is 11.0. The second-order valence-electron chi connectivity index (χ2n) is 2.91. The molecule has 0 aromatic heterocycles. The summed E-state index contributed by atoms with van der Waals surface area (Å²) >= 11 is 0. The van der Waals surface area contributed by atoms with Crippen molar-refractivity contribution in [3.05, 3.63) is 6.10 Å². The molecule has 73 valence electrons. The van der Waals surface area contributed by atoms with Gasteiger partial charge in [0.25, 0.3) is 0 Å². The van der Waals surface area contributed by atoms with Crippen LogP contribution in [0.3, 0.4) is 0 Å². The van der Waals surface area contributed by atoms with Gasteiger partial charge in [0.1, 0.15) is 0 Å². The highest BCUT2D eigenvalue weighted by Crippen LogP contribution is 2.06. The molecule has 0 saturated heterocycles. The second-order valence-corrected chi connectivity index (χ2v) is 2.91. The quantitative estimate of drug-likeness (QED) is 0.525. The Morgan fingerprint density at radius 1 is 1.00 bits per heavy atom. The zero-order chi connectivity index (χ0) is 9.23. The standard InChI is InChI=1S/C10H21O2/c1-4-7-11-9-6-10(3)12-8-5-2/h4-9H2,1-3H3. The molecule has 0 amide bonds. The van der Waals surface area contributed by atoms with Crippen LogP contribution in [0.25, 0.3) is 0 Å². The highest BCUT2D eigenvalue weighted by molar-refractivity contribution is 4.69. The van der Waals surface area contributed by atoms with Gasteiger partial charge in [-0.1, -0.05) is 13.8 Å². The molecular weight excluding hydrogens is 152 g/mol. The molecule has 0 aliphatic rings. The van der Waals surface area contributed by atoms with Crippen molar-refractivity contribution in [2.75, 3.05) is 19.8 Å². The van der Waals surface area contributed by atoms with Gasteiger partial charge in [0.2, 0.25) is 0 Å². The smallest absolute Gasteiger partial charge is 0.0962 e. The Kier molecular flexibility index (Phi) is 8.95. The highest BCUT2D eigenvalue weighted by atomic mass is 16.5. The highest BCUT2D eigenvalue weighted by Gasteiger charge is 2.01. The van der Waals surface area contributed by atoms with Gasteiger partial charge in [-0.05, 0) is 19.8 Å². The molecule has 0 heterocycles. The van der Waals surface area contributed by atoms with Crippen LogP contribution in [0.4, 0.5) is 0 Å². The molecule has 0 aliphatic heterocycles. The van der Waals surface area contributed by atoms with Crippen LogP contribution in [-0.4, -0.2) is 19.8 Å². The third kappa shape index (κ3) is 8.02. The summed E-state index contributed by atoms with van der Waals surface area (Å²) < 4.78 is 10.7. The fourth-order valence-electron chi connectivity index (χ4n) is 0.811. The van der Waals surface area contributed by atoms with Crippen LogP contribution in [0.2, 0.25) is 0 Å². The zero-order valence-corrected chi connectivity index (χ0v) is 8.56. The van der Waals surface area contributed by atoms with E-state index in [1.54, 1.807) is 0 Å². The average molecular weight is 173 g/mol. The number of ether oxygens (including phenoxy) is 2. The van der Waals surface area contributed by atoms with Crippen molar-refractivity contribution in [3.63, 3.8) is 0 Å². The summed E-state index contributed by atoms with van der Waals surface area (Å²) in [7, 11) is 0. The summed E-state index contributed by atoms with van der Waals surface area (Å²) in [5.74, 6) is 0. The van der Waals surface area contributed by atoms with E-state index < -0.39 is 0 Å². The van der Waals surface area contributed by atoms with E-state index in [-0.39, 0.29) is 0 Å². The second kappa shape index (κ2) is 9.01. The molecule has 0 rings (SSSR count). The van der Waals surface area contributed by atoms with Crippen molar-refractivity contribution in [2.24, 2.45) is 0 Å². The average Bonchev–Trinajstić information content (AvgIpc) is 2.09. The van der Waals surface area contributed by atoms with Gasteiger partial charge in [0.05, 0.1) is 6.10 Å². The van der Waals surface area contributed by atoms with Crippen LogP contribution in [0.5, 0.6) is 0 Å². The molecule has 2 nitrogen and oxygen atoms in total. The van der Waals surface area contributed by atoms with Crippen LogP contribution in [0, 0.1) is 6.10 Å². The van der Waals surface area contributed by atoms with Gasteiger partial charge in [0, 0.05) is 26.2 Å². The van der Waals surface area contributed by atoms with E-state index in [2.05, 4.69) is 13.8 Å². The van der Waals surface area contributed by atoms with Crippen LogP contribution in [0.1, 0.15) is 40.0 Å². The molecular formula is C10H21O2. The molecule has 12 heavy (non-hydrogen) atoms. The Labute approximate surface area is 76.3 Å². The fraction of sp³-hybridized carbons (Fsp3) is 0.900. The Bertz CT molecular complexity index is 83.9. The van der Waals surface area contributed by atoms with Gasteiger partial charge in [-0.2, -0.15) is 0 Å². The first-order valence-corrected chi connectivity index (χ1v) is 4.84. The summed E-state index contributed by atoms with van der Waals surface area (Å²) in [6.07, 6.45) is 4.19. The minimum atomic E-state index is 0.795. The SMILES string of the molecule is CCCOCC[C](C)OCCC. The Morgan fingerprint density at radius 3 is 2.25 bits per heavy atom. The lowest BCUT2D eigenvalue weighted by atomic mass is 10.3. The minimum absolute atomic E-state index is 0.795. The molecule has 0 unspecified atom stereocenters.